The van der Waals surface area contributed by atoms with Crippen LogP contribution in [0.1, 0.15) is 19.4 Å². The van der Waals surface area contributed by atoms with Gasteiger partial charge in [-0.2, -0.15) is 0 Å². The summed E-state index contributed by atoms with van der Waals surface area (Å²) in [6.45, 7) is 3.34. The molecule has 0 radical (unpaired) electrons. The summed E-state index contributed by atoms with van der Waals surface area (Å²) in [7, 11) is 0. The molecule has 5 heteroatoms. The first-order valence-electron chi connectivity index (χ1n) is 6.17. The van der Waals surface area contributed by atoms with E-state index in [-0.39, 0.29) is 18.3 Å². The van der Waals surface area contributed by atoms with E-state index < -0.39 is 17.8 Å². The first kappa shape index (κ1) is 15.1. The molecule has 1 aromatic rings. The Balaban J connectivity index is 2.43. The average Bonchev–Trinajstić information content (AvgIpc) is 2.38. The van der Waals surface area contributed by atoms with Gasteiger partial charge in [0.2, 0.25) is 5.91 Å². The van der Waals surface area contributed by atoms with Crippen LogP contribution in [0.3, 0.4) is 0 Å². The molecule has 0 saturated carbocycles. The second kappa shape index (κ2) is 6.87. The summed E-state index contributed by atoms with van der Waals surface area (Å²) in [4.78, 5) is 22.5. The topological polar surface area (TPSA) is 66.4 Å². The van der Waals surface area contributed by atoms with E-state index in [0.717, 1.165) is 0 Å². The smallest absolute Gasteiger partial charge is 0.307 e. The fourth-order valence-corrected chi connectivity index (χ4v) is 1.62. The summed E-state index contributed by atoms with van der Waals surface area (Å²) >= 11 is 0. The van der Waals surface area contributed by atoms with Gasteiger partial charge in [-0.25, -0.2) is 4.39 Å². The molecule has 0 spiro atoms. The van der Waals surface area contributed by atoms with Gasteiger partial charge >= 0.3 is 5.97 Å². The van der Waals surface area contributed by atoms with E-state index in [1.165, 1.54) is 13.0 Å². The number of benzene rings is 1. The molecule has 104 valence electrons. The zero-order valence-electron chi connectivity index (χ0n) is 11.0. The number of hydrogen-bond donors (Lipinski definition) is 2. The SMILES string of the molecule is CC(C(=O)O)C(C)C(=O)NCCc1ccccc1F. The molecule has 0 aliphatic rings. The van der Waals surface area contributed by atoms with Crippen molar-refractivity contribution in [3.63, 3.8) is 0 Å². The Kier molecular flexibility index (Phi) is 5.48. The van der Waals surface area contributed by atoms with Gasteiger partial charge in [0.25, 0.3) is 0 Å². The lowest BCUT2D eigenvalue weighted by Crippen LogP contribution is -2.36. The fourth-order valence-electron chi connectivity index (χ4n) is 1.62. The minimum absolute atomic E-state index is 0.288. The van der Waals surface area contributed by atoms with Crippen LogP contribution in [0.15, 0.2) is 24.3 Å². The Morgan fingerprint density at radius 2 is 1.89 bits per heavy atom. The van der Waals surface area contributed by atoms with Crippen molar-refractivity contribution >= 4 is 11.9 Å². The number of aliphatic carboxylic acids is 1. The number of rotatable bonds is 6. The number of halogens is 1. The van der Waals surface area contributed by atoms with Crippen LogP contribution >= 0.6 is 0 Å². The number of carbonyl (C=O) groups excluding carboxylic acids is 1. The highest BCUT2D eigenvalue weighted by atomic mass is 19.1. The second-order valence-corrected chi connectivity index (χ2v) is 4.55. The lowest BCUT2D eigenvalue weighted by atomic mass is 9.95. The first-order chi connectivity index (χ1) is 8.93. The molecule has 0 heterocycles. The zero-order valence-corrected chi connectivity index (χ0v) is 11.0. The Morgan fingerprint density at radius 3 is 2.47 bits per heavy atom. The molecule has 0 bridgehead atoms. The van der Waals surface area contributed by atoms with Crippen LogP contribution < -0.4 is 5.32 Å². The van der Waals surface area contributed by atoms with Crippen molar-refractivity contribution in [3.8, 4) is 0 Å². The van der Waals surface area contributed by atoms with Crippen molar-refractivity contribution in [1.82, 2.24) is 5.32 Å². The molecule has 4 nitrogen and oxygen atoms in total. The molecule has 0 fully saturated rings. The highest BCUT2D eigenvalue weighted by molar-refractivity contribution is 5.84. The highest BCUT2D eigenvalue weighted by Crippen LogP contribution is 2.11. The van der Waals surface area contributed by atoms with Crippen molar-refractivity contribution in [1.29, 1.82) is 0 Å². The maximum atomic E-state index is 13.3. The Labute approximate surface area is 111 Å². The third kappa shape index (κ3) is 4.35. The fraction of sp³-hybridized carbons (Fsp3) is 0.429. The van der Waals surface area contributed by atoms with Gasteiger partial charge in [-0.1, -0.05) is 32.0 Å². The summed E-state index contributed by atoms with van der Waals surface area (Å²) in [6, 6.07) is 6.36. The minimum atomic E-state index is -1.00. The number of carbonyl (C=O) groups is 2. The molecule has 1 aromatic carbocycles. The van der Waals surface area contributed by atoms with E-state index in [2.05, 4.69) is 5.32 Å². The largest absolute Gasteiger partial charge is 0.481 e. The Morgan fingerprint density at radius 1 is 1.26 bits per heavy atom. The van der Waals surface area contributed by atoms with Crippen LogP contribution in [-0.2, 0) is 16.0 Å². The lowest BCUT2D eigenvalue weighted by Gasteiger charge is -2.15. The molecule has 0 aliphatic carbocycles. The monoisotopic (exact) mass is 267 g/mol. The summed E-state index contributed by atoms with van der Waals surface area (Å²) in [5, 5.41) is 11.4. The predicted octanol–water partition coefficient (Wildman–Crippen LogP) is 1.84. The molecule has 19 heavy (non-hydrogen) atoms. The van der Waals surface area contributed by atoms with Crippen LogP contribution in [0.25, 0.3) is 0 Å². The molecular formula is C14H18FNO3. The van der Waals surface area contributed by atoms with Crippen molar-refractivity contribution in [2.24, 2.45) is 11.8 Å². The third-order valence-corrected chi connectivity index (χ3v) is 3.20. The van der Waals surface area contributed by atoms with Gasteiger partial charge in [0.1, 0.15) is 5.82 Å². The maximum Gasteiger partial charge on any atom is 0.307 e. The summed E-state index contributed by atoms with van der Waals surface area (Å²) in [5.41, 5.74) is 0.529. The van der Waals surface area contributed by atoms with Crippen molar-refractivity contribution in [2.75, 3.05) is 6.54 Å². The van der Waals surface area contributed by atoms with E-state index in [4.69, 9.17) is 5.11 Å². The molecule has 1 amide bonds. The molecule has 2 N–H and O–H groups in total. The molecule has 2 atom stereocenters. The van der Waals surface area contributed by atoms with Crippen molar-refractivity contribution < 1.29 is 19.1 Å². The molecule has 1 rings (SSSR count). The number of hydrogen-bond acceptors (Lipinski definition) is 2. The highest BCUT2D eigenvalue weighted by Gasteiger charge is 2.25. The van der Waals surface area contributed by atoms with Crippen LogP contribution in [0, 0.1) is 17.7 Å². The van der Waals surface area contributed by atoms with Crippen LogP contribution in [0.5, 0.6) is 0 Å². The van der Waals surface area contributed by atoms with Gasteiger partial charge in [-0.15, -0.1) is 0 Å². The standard InChI is InChI=1S/C14H18FNO3/c1-9(10(2)14(18)19)13(17)16-8-7-11-5-3-4-6-12(11)15/h3-6,9-10H,7-8H2,1-2H3,(H,16,17)(H,18,19). The number of carboxylic acid groups (broad SMARTS) is 1. The van der Waals surface area contributed by atoms with Gasteiger partial charge in [-0.05, 0) is 18.1 Å². The maximum absolute atomic E-state index is 13.3. The van der Waals surface area contributed by atoms with E-state index in [0.29, 0.717) is 12.0 Å². The van der Waals surface area contributed by atoms with Gasteiger partial charge in [0.05, 0.1) is 5.92 Å². The molecule has 0 aromatic heterocycles. The van der Waals surface area contributed by atoms with Gasteiger partial charge < -0.3 is 10.4 Å². The van der Waals surface area contributed by atoms with Crippen LogP contribution in [-0.4, -0.2) is 23.5 Å². The van der Waals surface area contributed by atoms with Gasteiger partial charge in [0.15, 0.2) is 0 Å². The predicted molar refractivity (Wildman–Crippen MR) is 69.1 cm³/mol. The van der Waals surface area contributed by atoms with Crippen LogP contribution in [0.2, 0.25) is 0 Å². The quantitative estimate of drug-likeness (QED) is 0.826. The minimum Gasteiger partial charge on any atom is -0.481 e. The van der Waals surface area contributed by atoms with Crippen molar-refractivity contribution in [3.05, 3.63) is 35.6 Å². The third-order valence-electron chi connectivity index (χ3n) is 3.20. The van der Waals surface area contributed by atoms with E-state index >= 15 is 0 Å². The first-order valence-corrected chi connectivity index (χ1v) is 6.17. The van der Waals surface area contributed by atoms with Gasteiger partial charge in [-0.3, -0.25) is 9.59 Å². The normalized spacial score (nSPS) is 13.6. The van der Waals surface area contributed by atoms with Crippen molar-refractivity contribution in [2.45, 2.75) is 20.3 Å². The summed E-state index contributed by atoms with van der Waals surface area (Å²) < 4.78 is 13.3. The van der Waals surface area contributed by atoms with E-state index in [1.54, 1.807) is 25.1 Å². The number of amides is 1. The molecular weight excluding hydrogens is 249 g/mol. The lowest BCUT2D eigenvalue weighted by molar-refractivity contribution is -0.146. The van der Waals surface area contributed by atoms with Gasteiger partial charge in [0, 0.05) is 12.5 Å². The van der Waals surface area contributed by atoms with Crippen LogP contribution in [0.4, 0.5) is 4.39 Å². The summed E-state index contributed by atoms with van der Waals surface area (Å²) in [5.74, 6) is -2.99. The zero-order chi connectivity index (χ0) is 14.4. The summed E-state index contributed by atoms with van der Waals surface area (Å²) in [6.07, 6.45) is 0.382. The molecule has 0 saturated heterocycles. The number of carboxylic acids is 1. The average molecular weight is 267 g/mol. The Bertz CT molecular complexity index is 462. The van der Waals surface area contributed by atoms with E-state index in [1.807, 2.05) is 0 Å². The Hall–Kier alpha value is -1.91. The molecule has 0 aliphatic heterocycles. The second-order valence-electron chi connectivity index (χ2n) is 4.55. The molecule has 2 unspecified atom stereocenters. The van der Waals surface area contributed by atoms with E-state index in [9.17, 15) is 14.0 Å². The number of nitrogens with one attached hydrogen (secondary N) is 1.